The Morgan fingerprint density at radius 3 is 2.05 bits per heavy atom. The van der Waals surface area contributed by atoms with Crippen molar-refractivity contribution in [3.8, 4) is 0 Å². The number of hydrogen-bond acceptors (Lipinski definition) is 2. The Morgan fingerprint density at radius 1 is 1.15 bits per heavy atom. The number of hydrogen-bond donors (Lipinski definition) is 0. The van der Waals surface area contributed by atoms with Gasteiger partial charge in [-0.05, 0) is 40.0 Å². The summed E-state index contributed by atoms with van der Waals surface area (Å²) in [6.07, 6.45) is 2.98. The van der Waals surface area contributed by atoms with Crippen LogP contribution >= 0.6 is 7.67 Å². The van der Waals surface area contributed by atoms with Gasteiger partial charge >= 0.3 is 7.67 Å². The zero-order chi connectivity index (χ0) is 13.8. The Bertz CT molecular complexity index is 297. The van der Waals surface area contributed by atoms with E-state index in [2.05, 4.69) is 44.0 Å². The molecule has 4 nitrogen and oxygen atoms in total. The van der Waals surface area contributed by atoms with Gasteiger partial charge in [0.25, 0.3) is 0 Å². The van der Waals surface area contributed by atoms with Crippen LogP contribution in [-0.2, 0) is 9.09 Å². The second kappa shape index (κ2) is 9.19. The summed E-state index contributed by atoms with van der Waals surface area (Å²) in [5.41, 5.74) is -0.115. The minimum Gasteiger partial charge on any atom is -0.306 e. The van der Waals surface area contributed by atoms with Crippen molar-refractivity contribution in [1.29, 1.82) is 0 Å². The molecule has 1 atom stereocenters. The lowest BCUT2D eigenvalue weighted by atomic mass is 10.1. The van der Waals surface area contributed by atoms with Crippen LogP contribution in [-0.4, -0.2) is 41.1 Å². The predicted octanol–water partition coefficient (Wildman–Crippen LogP) is 5.01. The maximum absolute atomic E-state index is 13.3. The van der Waals surface area contributed by atoms with Gasteiger partial charge in [0.1, 0.15) is 0 Å². The average Bonchev–Trinajstić information content (AvgIpc) is 2.27. The highest BCUT2D eigenvalue weighted by Crippen LogP contribution is 2.59. The van der Waals surface area contributed by atoms with Gasteiger partial charge in [0.05, 0.1) is 6.61 Å². The van der Waals surface area contributed by atoms with E-state index in [0.29, 0.717) is 6.61 Å². The molecule has 5 heteroatoms. The van der Waals surface area contributed by atoms with E-state index >= 15 is 0 Å². The van der Waals surface area contributed by atoms with Crippen molar-refractivity contribution >= 4 is 7.67 Å². The molecule has 0 aromatic heterocycles. The molecule has 1 fully saturated rings. The zero-order valence-electron chi connectivity index (χ0n) is 12.6. The smallest absolute Gasteiger partial charge is 0.306 e. The molecule has 0 spiro atoms. The largest absolute Gasteiger partial charge is 0.346 e. The van der Waals surface area contributed by atoms with Crippen LogP contribution in [0.15, 0.2) is 0 Å². The standard InChI is InChI=1S/C13H29N2O2P.2CH4/c1-6-9-14(10-7-2)18(16)15(13(3,4)5)11-8-12-17-18;;/h6-12H2,1-5H3;2*1H4. The Kier molecular flexibility index (Phi) is 10.3. The van der Waals surface area contributed by atoms with Crippen molar-refractivity contribution in [1.82, 2.24) is 9.34 Å². The number of nitrogens with zero attached hydrogens (tertiary/aromatic N) is 2. The third-order valence-electron chi connectivity index (χ3n) is 3.17. The van der Waals surface area contributed by atoms with E-state index in [9.17, 15) is 4.57 Å². The molecule has 1 unspecified atom stereocenters. The summed E-state index contributed by atoms with van der Waals surface area (Å²) in [4.78, 5) is 0. The van der Waals surface area contributed by atoms with Gasteiger partial charge in [-0.1, -0.05) is 28.7 Å². The van der Waals surface area contributed by atoms with Gasteiger partial charge in [-0.2, -0.15) is 0 Å². The van der Waals surface area contributed by atoms with Crippen LogP contribution in [0, 0.1) is 0 Å². The van der Waals surface area contributed by atoms with E-state index < -0.39 is 7.67 Å². The Balaban J connectivity index is 0. The van der Waals surface area contributed by atoms with Crippen molar-refractivity contribution in [2.75, 3.05) is 26.2 Å². The van der Waals surface area contributed by atoms with Crippen molar-refractivity contribution in [2.24, 2.45) is 0 Å². The van der Waals surface area contributed by atoms with E-state index in [1.807, 2.05) is 0 Å². The molecule has 0 N–H and O–H groups in total. The molecule has 0 aliphatic carbocycles. The Labute approximate surface area is 127 Å². The van der Waals surface area contributed by atoms with E-state index in [1.54, 1.807) is 0 Å². The summed E-state index contributed by atoms with van der Waals surface area (Å²) in [7, 11) is -2.82. The van der Waals surface area contributed by atoms with E-state index in [1.165, 1.54) is 0 Å². The first kappa shape index (κ1) is 22.4. The molecular weight excluding hydrogens is 271 g/mol. The lowest BCUT2D eigenvalue weighted by molar-refractivity contribution is 0.114. The van der Waals surface area contributed by atoms with Crippen LogP contribution in [0.4, 0.5) is 0 Å². The van der Waals surface area contributed by atoms with Crippen LogP contribution in [0.1, 0.15) is 68.7 Å². The van der Waals surface area contributed by atoms with Crippen molar-refractivity contribution in [2.45, 2.75) is 74.3 Å². The fourth-order valence-corrected chi connectivity index (χ4v) is 5.46. The highest BCUT2D eigenvalue weighted by molar-refractivity contribution is 7.54. The highest BCUT2D eigenvalue weighted by atomic mass is 31.2. The summed E-state index contributed by atoms with van der Waals surface area (Å²) in [5, 5.41) is 0. The first-order valence-electron chi connectivity index (χ1n) is 7.14. The second-order valence-corrected chi connectivity index (χ2v) is 8.21. The third-order valence-corrected chi connectivity index (χ3v) is 6.22. The van der Waals surface area contributed by atoms with E-state index in [4.69, 9.17) is 4.52 Å². The first-order chi connectivity index (χ1) is 8.36. The van der Waals surface area contributed by atoms with Crippen molar-refractivity contribution in [3.05, 3.63) is 0 Å². The second-order valence-electron chi connectivity index (χ2n) is 5.92. The molecule has 20 heavy (non-hydrogen) atoms. The van der Waals surface area contributed by atoms with Gasteiger partial charge in [0.2, 0.25) is 0 Å². The molecule has 124 valence electrons. The molecule has 0 radical (unpaired) electrons. The zero-order valence-corrected chi connectivity index (χ0v) is 13.5. The van der Waals surface area contributed by atoms with Crippen LogP contribution in [0.3, 0.4) is 0 Å². The molecule has 1 aliphatic heterocycles. The molecule has 0 bridgehead atoms. The maximum atomic E-state index is 13.3. The molecule has 1 rings (SSSR count). The highest BCUT2D eigenvalue weighted by Gasteiger charge is 2.45. The average molecular weight is 308 g/mol. The third kappa shape index (κ3) is 5.14. The van der Waals surface area contributed by atoms with Gasteiger partial charge in [0.15, 0.2) is 0 Å². The predicted molar refractivity (Wildman–Crippen MR) is 90.3 cm³/mol. The Hall–Kier alpha value is 0.110. The SMILES string of the molecule is C.C.CCCN(CCC)P1(=O)OCCCN1C(C)(C)C. The monoisotopic (exact) mass is 308 g/mol. The molecule has 1 saturated heterocycles. The molecule has 1 aliphatic rings. The van der Waals surface area contributed by atoms with Crippen LogP contribution in [0.5, 0.6) is 0 Å². The molecule has 0 amide bonds. The van der Waals surface area contributed by atoms with Gasteiger partial charge in [-0.3, -0.25) is 4.57 Å². The van der Waals surface area contributed by atoms with E-state index in [0.717, 1.165) is 38.9 Å². The molecule has 0 saturated carbocycles. The fourth-order valence-electron chi connectivity index (χ4n) is 2.42. The van der Waals surface area contributed by atoms with Crippen LogP contribution in [0.25, 0.3) is 0 Å². The topological polar surface area (TPSA) is 32.8 Å². The van der Waals surface area contributed by atoms with E-state index in [-0.39, 0.29) is 20.4 Å². The summed E-state index contributed by atoms with van der Waals surface area (Å²) >= 11 is 0. The summed E-state index contributed by atoms with van der Waals surface area (Å²) in [5.74, 6) is 0. The number of rotatable bonds is 5. The van der Waals surface area contributed by atoms with Gasteiger partial charge < -0.3 is 4.52 Å². The lowest BCUT2D eigenvalue weighted by Gasteiger charge is -2.47. The molecular formula is C15H37N2O2P. The van der Waals surface area contributed by atoms with Crippen molar-refractivity contribution in [3.63, 3.8) is 0 Å². The van der Waals surface area contributed by atoms with Crippen molar-refractivity contribution < 1.29 is 9.09 Å². The summed E-state index contributed by atoms with van der Waals surface area (Å²) in [6, 6.07) is 0. The summed E-state index contributed by atoms with van der Waals surface area (Å²) in [6.45, 7) is 13.8. The summed E-state index contributed by atoms with van der Waals surface area (Å²) < 4.78 is 23.2. The Morgan fingerprint density at radius 2 is 1.65 bits per heavy atom. The van der Waals surface area contributed by atoms with Crippen LogP contribution < -0.4 is 0 Å². The van der Waals surface area contributed by atoms with Crippen LogP contribution in [0.2, 0.25) is 0 Å². The van der Waals surface area contributed by atoms with Gasteiger partial charge in [-0.25, -0.2) is 9.34 Å². The minimum absolute atomic E-state index is 0. The van der Waals surface area contributed by atoms with Gasteiger partial charge in [-0.15, -0.1) is 0 Å². The lowest BCUT2D eigenvalue weighted by Crippen LogP contribution is -2.47. The maximum Gasteiger partial charge on any atom is 0.346 e. The first-order valence-corrected chi connectivity index (χ1v) is 8.67. The molecule has 0 aromatic carbocycles. The quantitative estimate of drug-likeness (QED) is 0.668. The van der Waals surface area contributed by atoms with Gasteiger partial charge in [0, 0.05) is 25.2 Å². The normalized spacial score (nSPS) is 24.1. The minimum atomic E-state index is -2.82. The molecule has 0 aromatic rings. The molecule has 1 heterocycles. The fraction of sp³-hybridized carbons (Fsp3) is 1.00.